The molecule has 5 rings (SSSR count). The van der Waals surface area contributed by atoms with Crippen LogP contribution < -0.4 is 4.90 Å². The van der Waals surface area contributed by atoms with Gasteiger partial charge in [-0.25, -0.2) is 0 Å². The van der Waals surface area contributed by atoms with Crippen LogP contribution in [0.2, 0.25) is 0 Å². The second kappa shape index (κ2) is 11.7. The van der Waals surface area contributed by atoms with E-state index >= 15 is 0 Å². The van der Waals surface area contributed by atoms with Gasteiger partial charge >= 0.3 is 6.18 Å². The van der Waals surface area contributed by atoms with Gasteiger partial charge in [-0.1, -0.05) is 77.4 Å². The third-order valence-electron chi connectivity index (χ3n) is 9.82. The van der Waals surface area contributed by atoms with E-state index in [4.69, 9.17) is 0 Å². The Morgan fingerprint density at radius 1 is 0.628 bits per heavy atom. The zero-order chi connectivity index (χ0) is 31.0. The molecular formula is C38H43F3N2. The summed E-state index contributed by atoms with van der Waals surface area (Å²) in [5, 5.41) is 2.35. The molecule has 0 amide bonds. The lowest BCUT2D eigenvalue weighted by molar-refractivity contribution is -0.137. The molecule has 0 spiro atoms. The number of rotatable bonds is 10. The number of alkyl halides is 3. The summed E-state index contributed by atoms with van der Waals surface area (Å²) in [6.07, 6.45) is 0.447. The molecule has 2 nitrogen and oxygen atoms in total. The van der Waals surface area contributed by atoms with Crippen molar-refractivity contribution in [2.75, 3.05) is 4.90 Å². The van der Waals surface area contributed by atoms with Crippen LogP contribution in [0.4, 0.5) is 24.5 Å². The second-order valence-electron chi connectivity index (χ2n) is 12.4. The third-order valence-corrected chi connectivity index (χ3v) is 9.82. The van der Waals surface area contributed by atoms with Crippen LogP contribution in [0, 0.1) is 0 Å². The number of halogens is 3. The van der Waals surface area contributed by atoms with Crippen molar-refractivity contribution in [3.8, 4) is 5.69 Å². The van der Waals surface area contributed by atoms with Crippen molar-refractivity contribution < 1.29 is 13.2 Å². The minimum Gasteiger partial charge on any atom is -0.336 e. The van der Waals surface area contributed by atoms with E-state index in [1.54, 1.807) is 12.1 Å². The van der Waals surface area contributed by atoms with Crippen molar-refractivity contribution >= 4 is 33.2 Å². The highest BCUT2D eigenvalue weighted by molar-refractivity contribution is 6.10. The van der Waals surface area contributed by atoms with Crippen LogP contribution in [-0.2, 0) is 11.6 Å². The Balaban J connectivity index is 1.79. The molecule has 0 saturated carbocycles. The lowest BCUT2D eigenvalue weighted by atomic mass is 9.77. The second-order valence-corrected chi connectivity index (χ2v) is 12.4. The number of aromatic nitrogens is 1. The van der Waals surface area contributed by atoms with E-state index in [-0.39, 0.29) is 11.0 Å². The number of nitrogens with zero attached hydrogens (tertiary/aromatic N) is 2. The summed E-state index contributed by atoms with van der Waals surface area (Å²) in [6.45, 7) is 13.4. The fourth-order valence-electron chi connectivity index (χ4n) is 6.59. The molecule has 0 N–H and O–H groups in total. The Morgan fingerprint density at radius 2 is 1.19 bits per heavy atom. The molecule has 1 heterocycles. The quantitative estimate of drug-likeness (QED) is 0.158. The molecule has 0 saturated heterocycles. The number of para-hydroxylation sites is 1. The van der Waals surface area contributed by atoms with Gasteiger partial charge in [0.05, 0.1) is 16.6 Å². The monoisotopic (exact) mass is 584 g/mol. The van der Waals surface area contributed by atoms with Crippen molar-refractivity contribution in [2.45, 2.75) is 90.8 Å². The molecule has 1 aromatic heterocycles. The first-order valence-corrected chi connectivity index (χ1v) is 15.6. The third kappa shape index (κ3) is 5.55. The molecule has 43 heavy (non-hydrogen) atoms. The van der Waals surface area contributed by atoms with Crippen LogP contribution >= 0.6 is 0 Å². The normalized spacial score (nSPS) is 13.9. The fraction of sp³-hybridized carbons (Fsp3) is 0.368. The number of fused-ring (bicyclic) bond motifs is 3. The fourth-order valence-corrected chi connectivity index (χ4v) is 6.59. The smallest absolute Gasteiger partial charge is 0.336 e. The Labute approximate surface area is 254 Å². The van der Waals surface area contributed by atoms with Crippen molar-refractivity contribution in [3.63, 3.8) is 0 Å². The van der Waals surface area contributed by atoms with Gasteiger partial charge in [0.2, 0.25) is 0 Å². The van der Waals surface area contributed by atoms with Crippen LogP contribution in [0.25, 0.3) is 27.5 Å². The summed E-state index contributed by atoms with van der Waals surface area (Å²) in [5.74, 6) is 0. The van der Waals surface area contributed by atoms with Gasteiger partial charge in [0.1, 0.15) is 0 Å². The predicted molar refractivity (Wildman–Crippen MR) is 176 cm³/mol. The lowest BCUT2D eigenvalue weighted by Gasteiger charge is -2.43. The molecular weight excluding hydrogens is 541 g/mol. The zero-order valence-corrected chi connectivity index (χ0v) is 26.2. The van der Waals surface area contributed by atoms with E-state index in [2.05, 4.69) is 112 Å². The van der Waals surface area contributed by atoms with Gasteiger partial charge in [-0.2, -0.15) is 13.2 Å². The molecule has 1 atom stereocenters. The van der Waals surface area contributed by atoms with Crippen molar-refractivity contribution in [1.82, 2.24) is 4.57 Å². The highest BCUT2D eigenvalue weighted by Crippen LogP contribution is 2.43. The van der Waals surface area contributed by atoms with Gasteiger partial charge in [0.25, 0.3) is 0 Å². The van der Waals surface area contributed by atoms with Crippen LogP contribution in [0.15, 0.2) is 91.0 Å². The molecule has 226 valence electrons. The molecule has 0 radical (unpaired) electrons. The van der Waals surface area contributed by atoms with Gasteiger partial charge < -0.3 is 9.47 Å². The zero-order valence-electron chi connectivity index (χ0n) is 26.2. The predicted octanol–water partition coefficient (Wildman–Crippen LogP) is 12.0. The van der Waals surface area contributed by atoms with Crippen LogP contribution in [-0.4, -0.2) is 10.1 Å². The van der Waals surface area contributed by atoms with Gasteiger partial charge in [-0.15, -0.1) is 0 Å². The van der Waals surface area contributed by atoms with Crippen LogP contribution in [0.1, 0.15) is 84.8 Å². The first-order chi connectivity index (χ1) is 20.5. The summed E-state index contributed by atoms with van der Waals surface area (Å²) in [7, 11) is 0. The molecule has 1 unspecified atom stereocenters. The van der Waals surface area contributed by atoms with Gasteiger partial charge in [-0.05, 0) is 98.2 Å². The van der Waals surface area contributed by atoms with Crippen molar-refractivity contribution in [1.29, 1.82) is 0 Å². The molecule has 0 aliphatic carbocycles. The summed E-state index contributed by atoms with van der Waals surface area (Å²) >= 11 is 0. The molecule has 0 bridgehead atoms. The molecule has 0 aliphatic rings. The molecule has 4 aromatic carbocycles. The van der Waals surface area contributed by atoms with E-state index in [9.17, 15) is 13.2 Å². The molecule has 5 heteroatoms. The Bertz CT molecular complexity index is 1700. The Hall–Kier alpha value is -3.73. The molecule has 5 aromatic rings. The average Bonchev–Trinajstić information content (AvgIpc) is 3.34. The van der Waals surface area contributed by atoms with Gasteiger partial charge in [0, 0.05) is 33.4 Å². The summed E-state index contributed by atoms with van der Waals surface area (Å²) < 4.78 is 42.8. The van der Waals surface area contributed by atoms with E-state index in [0.717, 1.165) is 65.6 Å². The summed E-state index contributed by atoms with van der Waals surface area (Å²) in [4.78, 5) is 2.25. The molecule has 0 aliphatic heterocycles. The SMILES string of the molecule is CCCC(C)(CC)N(c1ccc(C(F)(F)F)cc1)c1ccc2c3ccc(C(C)(CC)CC)cc3n(-c3ccccc3)c2c1. The first-order valence-electron chi connectivity index (χ1n) is 15.6. The maximum Gasteiger partial charge on any atom is 0.416 e. The minimum absolute atomic E-state index is 0.0831. The maximum atomic E-state index is 13.5. The molecule has 0 fully saturated rings. The largest absolute Gasteiger partial charge is 0.416 e. The van der Waals surface area contributed by atoms with Crippen LogP contribution in [0.5, 0.6) is 0 Å². The van der Waals surface area contributed by atoms with Crippen LogP contribution in [0.3, 0.4) is 0 Å². The minimum atomic E-state index is -4.37. The summed E-state index contributed by atoms with van der Waals surface area (Å²) in [6, 6.07) is 29.5. The average molecular weight is 585 g/mol. The number of hydrogen-bond donors (Lipinski definition) is 0. The van der Waals surface area contributed by atoms with Crippen molar-refractivity contribution in [3.05, 3.63) is 102 Å². The van der Waals surface area contributed by atoms with E-state index in [1.807, 2.05) is 6.07 Å². The topological polar surface area (TPSA) is 8.17 Å². The maximum absolute atomic E-state index is 13.5. The number of benzene rings is 4. The summed E-state index contributed by atoms with van der Waals surface area (Å²) in [5.41, 5.74) is 5.55. The highest BCUT2D eigenvalue weighted by atomic mass is 19.4. The van der Waals surface area contributed by atoms with E-state index in [0.29, 0.717) is 0 Å². The van der Waals surface area contributed by atoms with E-state index < -0.39 is 11.7 Å². The standard InChI is InChI=1S/C38H43F3N2/c1-7-24-37(6,10-4)43(30-19-16-27(17-20-30)38(39,40)41)31-21-23-33-32-22-18-28(36(5,8-2)9-3)25-34(32)42(35(33)26-31)29-14-12-11-13-15-29/h11-23,25-26H,7-10,24H2,1-6H3. The van der Waals surface area contributed by atoms with Crippen molar-refractivity contribution in [2.24, 2.45) is 0 Å². The van der Waals surface area contributed by atoms with Gasteiger partial charge in [-0.3, -0.25) is 0 Å². The first kappa shape index (κ1) is 30.7. The Morgan fingerprint density at radius 3 is 1.74 bits per heavy atom. The number of hydrogen-bond acceptors (Lipinski definition) is 1. The van der Waals surface area contributed by atoms with Gasteiger partial charge in [0.15, 0.2) is 0 Å². The Kier molecular flexibility index (Phi) is 8.39. The number of anilines is 2. The van der Waals surface area contributed by atoms with E-state index in [1.165, 1.54) is 23.1 Å². The highest BCUT2D eigenvalue weighted by Gasteiger charge is 2.34. The lowest BCUT2D eigenvalue weighted by Crippen LogP contribution is -2.43.